The molecule has 7 nitrogen and oxygen atoms in total. The number of aryl methyl sites for hydroxylation is 2. The van der Waals surface area contributed by atoms with E-state index in [2.05, 4.69) is 27.1 Å². The van der Waals surface area contributed by atoms with Crippen LogP contribution < -0.4 is 5.56 Å². The predicted octanol–water partition coefficient (Wildman–Crippen LogP) is 0.674. The Morgan fingerprint density at radius 2 is 2.29 bits per heavy atom. The molecule has 21 heavy (non-hydrogen) atoms. The normalized spacial score (nSPS) is 15.1. The van der Waals surface area contributed by atoms with Gasteiger partial charge in [0.25, 0.3) is 5.56 Å². The monoisotopic (exact) mass is 289 g/mol. The van der Waals surface area contributed by atoms with Gasteiger partial charge < -0.3 is 4.52 Å². The van der Waals surface area contributed by atoms with Crippen molar-refractivity contribution in [3.8, 4) is 0 Å². The Bertz CT molecular complexity index is 691. The van der Waals surface area contributed by atoms with E-state index >= 15 is 0 Å². The fourth-order valence-corrected chi connectivity index (χ4v) is 2.56. The van der Waals surface area contributed by atoms with Gasteiger partial charge in [-0.25, -0.2) is 4.68 Å². The maximum atomic E-state index is 11.7. The van der Waals surface area contributed by atoms with Crippen molar-refractivity contribution in [3.63, 3.8) is 0 Å². The van der Waals surface area contributed by atoms with Gasteiger partial charge in [-0.05, 0) is 12.0 Å². The zero-order chi connectivity index (χ0) is 14.8. The molecule has 0 aliphatic carbocycles. The van der Waals surface area contributed by atoms with Gasteiger partial charge in [0, 0.05) is 39.0 Å². The van der Waals surface area contributed by atoms with Crippen LogP contribution in [0.3, 0.4) is 0 Å². The van der Waals surface area contributed by atoms with Gasteiger partial charge >= 0.3 is 0 Å². The van der Waals surface area contributed by atoms with Crippen molar-refractivity contribution in [2.24, 2.45) is 7.05 Å². The minimum atomic E-state index is -0.0691. The molecule has 0 atom stereocenters. The van der Waals surface area contributed by atoms with E-state index in [1.54, 1.807) is 13.1 Å². The summed E-state index contributed by atoms with van der Waals surface area (Å²) in [5.41, 5.74) is 1.94. The molecule has 2 aromatic rings. The van der Waals surface area contributed by atoms with Gasteiger partial charge in [-0.1, -0.05) is 12.1 Å². The Hall–Kier alpha value is -2.02. The van der Waals surface area contributed by atoms with Crippen LogP contribution in [0.25, 0.3) is 0 Å². The lowest BCUT2D eigenvalue weighted by Crippen LogP contribution is -2.34. The van der Waals surface area contributed by atoms with Crippen LogP contribution >= 0.6 is 0 Å². The molecule has 3 rings (SSSR count). The molecule has 0 fully saturated rings. The second-order valence-corrected chi connectivity index (χ2v) is 5.39. The SMILES string of the molecule is CCCc1nc(CN2CCc3nn(C)c(=O)cc3C2)no1. The summed E-state index contributed by atoms with van der Waals surface area (Å²) in [5.74, 6) is 1.40. The smallest absolute Gasteiger partial charge is 0.266 e. The highest BCUT2D eigenvalue weighted by Crippen LogP contribution is 2.16. The van der Waals surface area contributed by atoms with E-state index in [4.69, 9.17) is 4.52 Å². The summed E-state index contributed by atoms with van der Waals surface area (Å²) >= 11 is 0. The summed E-state index contributed by atoms with van der Waals surface area (Å²) in [7, 11) is 1.68. The van der Waals surface area contributed by atoms with Crippen LogP contribution in [-0.4, -0.2) is 31.4 Å². The minimum absolute atomic E-state index is 0.0691. The Kier molecular flexibility index (Phi) is 3.83. The third-order valence-corrected chi connectivity index (χ3v) is 3.66. The fraction of sp³-hybridized carbons (Fsp3) is 0.571. The molecule has 0 N–H and O–H groups in total. The van der Waals surface area contributed by atoms with Crippen LogP contribution in [0.15, 0.2) is 15.4 Å². The lowest BCUT2D eigenvalue weighted by molar-refractivity contribution is 0.231. The number of nitrogens with zero attached hydrogens (tertiary/aromatic N) is 5. The summed E-state index contributed by atoms with van der Waals surface area (Å²) in [6.07, 6.45) is 2.65. The molecule has 7 heteroatoms. The van der Waals surface area contributed by atoms with Gasteiger partial charge in [-0.2, -0.15) is 10.1 Å². The summed E-state index contributed by atoms with van der Waals surface area (Å²) < 4.78 is 6.59. The maximum absolute atomic E-state index is 11.7. The molecular weight excluding hydrogens is 270 g/mol. The maximum Gasteiger partial charge on any atom is 0.266 e. The van der Waals surface area contributed by atoms with E-state index in [9.17, 15) is 4.79 Å². The molecule has 0 aromatic carbocycles. The topological polar surface area (TPSA) is 77.1 Å². The second-order valence-electron chi connectivity index (χ2n) is 5.39. The highest BCUT2D eigenvalue weighted by atomic mass is 16.5. The van der Waals surface area contributed by atoms with Crippen molar-refractivity contribution < 1.29 is 4.52 Å². The summed E-state index contributed by atoms with van der Waals surface area (Å²) in [6.45, 7) is 4.31. The fourth-order valence-electron chi connectivity index (χ4n) is 2.56. The van der Waals surface area contributed by atoms with Crippen molar-refractivity contribution in [1.29, 1.82) is 0 Å². The van der Waals surface area contributed by atoms with Crippen LogP contribution in [0.5, 0.6) is 0 Å². The third kappa shape index (κ3) is 3.02. The van der Waals surface area contributed by atoms with Gasteiger partial charge in [-0.3, -0.25) is 9.69 Å². The van der Waals surface area contributed by atoms with E-state index < -0.39 is 0 Å². The molecule has 1 aliphatic rings. The number of fused-ring (bicyclic) bond motifs is 1. The quantitative estimate of drug-likeness (QED) is 0.823. The molecule has 0 bridgehead atoms. The van der Waals surface area contributed by atoms with E-state index in [0.29, 0.717) is 24.8 Å². The number of hydrogen-bond acceptors (Lipinski definition) is 6. The van der Waals surface area contributed by atoms with Crippen molar-refractivity contribution in [2.45, 2.75) is 39.3 Å². The summed E-state index contributed by atoms with van der Waals surface area (Å²) in [5, 5.41) is 8.32. The first-order valence-electron chi connectivity index (χ1n) is 7.25. The summed E-state index contributed by atoms with van der Waals surface area (Å²) in [4.78, 5) is 18.3. The van der Waals surface area contributed by atoms with Gasteiger partial charge in [0.1, 0.15) is 0 Å². The molecular formula is C14H19N5O2. The highest BCUT2D eigenvalue weighted by molar-refractivity contribution is 5.20. The largest absolute Gasteiger partial charge is 0.339 e. The van der Waals surface area contributed by atoms with Gasteiger partial charge in [0.2, 0.25) is 5.89 Å². The molecule has 0 saturated carbocycles. The standard InChI is InChI=1S/C14H19N5O2/c1-3-4-13-15-12(17-21-13)9-19-6-5-11-10(8-19)7-14(20)18(2)16-11/h7H,3-6,8-9H2,1-2H3. The van der Waals surface area contributed by atoms with Crippen LogP contribution in [0, 0.1) is 0 Å². The van der Waals surface area contributed by atoms with Crippen LogP contribution in [0.4, 0.5) is 0 Å². The first-order valence-corrected chi connectivity index (χ1v) is 7.25. The van der Waals surface area contributed by atoms with E-state index in [-0.39, 0.29) is 5.56 Å². The number of rotatable bonds is 4. The van der Waals surface area contributed by atoms with Gasteiger partial charge in [0.15, 0.2) is 5.82 Å². The van der Waals surface area contributed by atoms with Crippen LogP contribution in [0.2, 0.25) is 0 Å². The van der Waals surface area contributed by atoms with Crippen LogP contribution in [0.1, 0.15) is 36.3 Å². The van der Waals surface area contributed by atoms with E-state index in [1.165, 1.54) is 4.68 Å². The molecule has 112 valence electrons. The lowest BCUT2D eigenvalue weighted by atomic mass is 10.1. The molecule has 0 unspecified atom stereocenters. The zero-order valence-electron chi connectivity index (χ0n) is 12.4. The van der Waals surface area contributed by atoms with Crippen molar-refractivity contribution in [1.82, 2.24) is 24.8 Å². The Labute approximate surface area is 122 Å². The average molecular weight is 289 g/mol. The lowest BCUT2D eigenvalue weighted by Gasteiger charge is -2.26. The molecule has 0 amide bonds. The number of aromatic nitrogens is 4. The van der Waals surface area contributed by atoms with Crippen molar-refractivity contribution in [3.05, 3.63) is 39.4 Å². The van der Waals surface area contributed by atoms with Gasteiger partial charge in [-0.15, -0.1) is 0 Å². The summed E-state index contributed by atoms with van der Waals surface area (Å²) in [6, 6.07) is 1.67. The molecule has 0 radical (unpaired) electrons. The van der Waals surface area contributed by atoms with Gasteiger partial charge in [0.05, 0.1) is 12.2 Å². The minimum Gasteiger partial charge on any atom is -0.339 e. The molecule has 2 aromatic heterocycles. The van der Waals surface area contributed by atoms with Crippen LogP contribution in [-0.2, 0) is 33.0 Å². The number of hydrogen-bond donors (Lipinski definition) is 0. The highest BCUT2D eigenvalue weighted by Gasteiger charge is 2.20. The predicted molar refractivity (Wildman–Crippen MR) is 75.6 cm³/mol. The molecule has 0 saturated heterocycles. The zero-order valence-corrected chi connectivity index (χ0v) is 12.4. The third-order valence-electron chi connectivity index (χ3n) is 3.66. The first kappa shape index (κ1) is 13.9. The van der Waals surface area contributed by atoms with Crippen molar-refractivity contribution >= 4 is 0 Å². The van der Waals surface area contributed by atoms with E-state index in [1.807, 2.05) is 0 Å². The average Bonchev–Trinajstić information content (AvgIpc) is 2.88. The second kappa shape index (κ2) is 5.77. The molecule has 1 aliphatic heterocycles. The Balaban J connectivity index is 1.70. The van der Waals surface area contributed by atoms with Crippen molar-refractivity contribution in [2.75, 3.05) is 6.54 Å². The van der Waals surface area contributed by atoms with E-state index in [0.717, 1.165) is 37.1 Å². The molecule has 3 heterocycles. The Morgan fingerprint density at radius 1 is 1.43 bits per heavy atom. The Morgan fingerprint density at radius 3 is 3.10 bits per heavy atom. The first-order chi connectivity index (χ1) is 10.2. The molecule has 0 spiro atoms.